The molecule has 1 unspecified atom stereocenters. The quantitative estimate of drug-likeness (QED) is 0.495. The maximum atomic E-state index is 13.6. The molecule has 1 saturated heterocycles. The molecule has 6 heteroatoms. The highest BCUT2D eigenvalue weighted by atomic mass is 16.5. The first-order valence-corrected chi connectivity index (χ1v) is 10.7. The highest BCUT2D eigenvalue weighted by molar-refractivity contribution is 6.05. The van der Waals surface area contributed by atoms with Crippen LogP contribution >= 0.6 is 0 Å². The molecule has 1 aromatic heterocycles. The number of carbonyl (C=O) groups is 1. The molecule has 1 aliphatic heterocycles. The summed E-state index contributed by atoms with van der Waals surface area (Å²) in [6.07, 6.45) is 0.883. The maximum Gasteiger partial charge on any atom is 0.279 e. The van der Waals surface area contributed by atoms with E-state index in [0.717, 1.165) is 12.2 Å². The molecule has 32 heavy (non-hydrogen) atoms. The fourth-order valence-corrected chi connectivity index (χ4v) is 4.33. The Balaban J connectivity index is 1.51. The number of hydrogen-bond donors (Lipinski definition) is 0. The second kappa shape index (κ2) is 8.30. The van der Waals surface area contributed by atoms with Gasteiger partial charge in [-0.3, -0.25) is 9.59 Å². The van der Waals surface area contributed by atoms with Gasteiger partial charge in [-0.1, -0.05) is 48.5 Å². The molecule has 1 atom stereocenters. The van der Waals surface area contributed by atoms with E-state index in [-0.39, 0.29) is 17.4 Å². The van der Waals surface area contributed by atoms with E-state index in [4.69, 9.17) is 4.74 Å². The first-order chi connectivity index (χ1) is 15.7. The Labute approximate surface area is 185 Å². The standard InChI is InChI=1S/C26H23N3O3/c1-32-21-13-11-18(12-14-21)19-15-16-28(17-19)26(31)24-22-9-5-6-10-23(22)25(30)29(27-24)20-7-3-2-4-8-20/h2-14,19H,15-17H2,1H3. The molecule has 6 nitrogen and oxygen atoms in total. The Morgan fingerprint density at radius 3 is 2.34 bits per heavy atom. The SMILES string of the molecule is COc1ccc(C2CCN(C(=O)c3nn(-c4ccccc4)c(=O)c4ccccc34)C2)cc1. The Morgan fingerprint density at radius 1 is 0.938 bits per heavy atom. The zero-order chi connectivity index (χ0) is 22.1. The Hall–Kier alpha value is -3.93. The van der Waals surface area contributed by atoms with Gasteiger partial charge in [0, 0.05) is 24.4 Å². The third kappa shape index (κ3) is 3.54. The number of para-hydroxylation sites is 1. The second-order valence-electron chi connectivity index (χ2n) is 7.96. The fourth-order valence-electron chi connectivity index (χ4n) is 4.33. The summed E-state index contributed by atoms with van der Waals surface area (Å²) in [5.74, 6) is 0.927. The van der Waals surface area contributed by atoms with Crippen molar-refractivity contribution in [2.24, 2.45) is 0 Å². The van der Waals surface area contributed by atoms with Crippen LogP contribution in [-0.2, 0) is 0 Å². The van der Waals surface area contributed by atoms with E-state index < -0.39 is 0 Å². The van der Waals surface area contributed by atoms with Crippen molar-refractivity contribution in [2.75, 3.05) is 20.2 Å². The van der Waals surface area contributed by atoms with Crippen molar-refractivity contribution >= 4 is 16.7 Å². The largest absolute Gasteiger partial charge is 0.497 e. The van der Waals surface area contributed by atoms with Gasteiger partial charge in [0.25, 0.3) is 11.5 Å². The average molecular weight is 425 g/mol. The molecule has 3 aromatic carbocycles. The minimum absolute atomic E-state index is 0.151. The summed E-state index contributed by atoms with van der Waals surface area (Å²) in [5, 5.41) is 5.60. The summed E-state index contributed by atoms with van der Waals surface area (Å²) < 4.78 is 6.57. The average Bonchev–Trinajstić information content (AvgIpc) is 3.35. The zero-order valence-electron chi connectivity index (χ0n) is 17.8. The van der Waals surface area contributed by atoms with E-state index in [1.165, 1.54) is 10.2 Å². The topological polar surface area (TPSA) is 64.4 Å². The summed E-state index contributed by atoms with van der Waals surface area (Å²) in [4.78, 5) is 28.5. The maximum absolute atomic E-state index is 13.6. The Kier molecular flexibility index (Phi) is 5.19. The molecule has 5 rings (SSSR count). The lowest BCUT2D eigenvalue weighted by Crippen LogP contribution is -2.32. The molecule has 0 bridgehead atoms. The van der Waals surface area contributed by atoms with Crippen molar-refractivity contribution in [3.8, 4) is 11.4 Å². The van der Waals surface area contributed by atoms with E-state index in [1.807, 2.05) is 59.5 Å². The molecule has 2 heterocycles. The summed E-state index contributed by atoms with van der Waals surface area (Å²) in [5.41, 5.74) is 1.89. The van der Waals surface area contributed by atoms with E-state index in [1.54, 1.807) is 19.2 Å². The smallest absolute Gasteiger partial charge is 0.279 e. The van der Waals surface area contributed by atoms with Gasteiger partial charge in [-0.05, 0) is 42.3 Å². The molecular formula is C26H23N3O3. The minimum atomic E-state index is -0.235. The van der Waals surface area contributed by atoms with E-state index in [9.17, 15) is 9.59 Å². The summed E-state index contributed by atoms with van der Waals surface area (Å²) >= 11 is 0. The van der Waals surface area contributed by atoms with Crippen molar-refractivity contribution in [3.63, 3.8) is 0 Å². The lowest BCUT2D eigenvalue weighted by Gasteiger charge is -2.18. The van der Waals surface area contributed by atoms with Crippen molar-refractivity contribution in [1.82, 2.24) is 14.7 Å². The summed E-state index contributed by atoms with van der Waals surface area (Å²) in [6, 6.07) is 24.4. The van der Waals surface area contributed by atoms with Crippen LogP contribution in [0.15, 0.2) is 83.7 Å². The van der Waals surface area contributed by atoms with Crippen molar-refractivity contribution in [1.29, 1.82) is 0 Å². The van der Waals surface area contributed by atoms with Gasteiger partial charge in [0.15, 0.2) is 5.69 Å². The van der Waals surface area contributed by atoms with Crippen LogP contribution in [0.5, 0.6) is 5.75 Å². The van der Waals surface area contributed by atoms with Crippen LogP contribution in [0.4, 0.5) is 0 Å². The molecule has 1 fully saturated rings. The zero-order valence-corrected chi connectivity index (χ0v) is 17.8. The number of methoxy groups -OCH3 is 1. The normalized spacial score (nSPS) is 15.8. The first-order valence-electron chi connectivity index (χ1n) is 10.7. The molecule has 0 N–H and O–H groups in total. The minimum Gasteiger partial charge on any atom is -0.497 e. The van der Waals surface area contributed by atoms with Gasteiger partial charge in [-0.2, -0.15) is 9.78 Å². The van der Waals surface area contributed by atoms with Crippen LogP contribution in [0.25, 0.3) is 16.5 Å². The first kappa shape index (κ1) is 20.0. The number of fused-ring (bicyclic) bond motifs is 1. The highest BCUT2D eigenvalue weighted by Crippen LogP contribution is 2.30. The highest BCUT2D eigenvalue weighted by Gasteiger charge is 2.30. The van der Waals surface area contributed by atoms with Crippen LogP contribution in [0.3, 0.4) is 0 Å². The molecule has 1 amide bonds. The molecule has 0 saturated carbocycles. The Morgan fingerprint density at radius 2 is 1.62 bits per heavy atom. The number of aromatic nitrogens is 2. The number of rotatable bonds is 4. The number of ether oxygens (including phenoxy) is 1. The number of hydrogen-bond acceptors (Lipinski definition) is 4. The van der Waals surface area contributed by atoms with Crippen LogP contribution in [0.1, 0.15) is 28.4 Å². The third-order valence-electron chi connectivity index (χ3n) is 6.07. The predicted molar refractivity (Wildman–Crippen MR) is 124 cm³/mol. The van der Waals surface area contributed by atoms with E-state index in [0.29, 0.717) is 35.2 Å². The molecule has 4 aromatic rings. The van der Waals surface area contributed by atoms with E-state index >= 15 is 0 Å². The van der Waals surface area contributed by atoms with Gasteiger partial charge in [0.05, 0.1) is 18.2 Å². The lowest BCUT2D eigenvalue weighted by molar-refractivity contribution is 0.0785. The number of benzene rings is 3. The third-order valence-corrected chi connectivity index (χ3v) is 6.07. The summed E-state index contributed by atoms with van der Waals surface area (Å²) in [7, 11) is 1.65. The predicted octanol–water partition coefficient (Wildman–Crippen LogP) is 4.02. The molecule has 0 spiro atoms. The fraction of sp³-hybridized carbons (Fsp3) is 0.192. The van der Waals surface area contributed by atoms with Crippen LogP contribution in [-0.4, -0.2) is 40.8 Å². The van der Waals surface area contributed by atoms with Crippen molar-refractivity contribution in [3.05, 3.63) is 100 Å². The van der Waals surface area contributed by atoms with Gasteiger partial charge in [-0.25, -0.2) is 0 Å². The summed E-state index contributed by atoms with van der Waals surface area (Å²) in [6.45, 7) is 1.27. The van der Waals surface area contributed by atoms with Crippen LogP contribution in [0, 0.1) is 0 Å². The van der Waals surface area contributed by atoms with Crippen molar-refractivity contribution in [2.45, 2.75) is 12.3 Å². The van der Waals surface area contributed by atoms with Crippen molar-refractivity contribution < 1.29 is 9.53 Å². The number of amides is 1. The molecule has 1 aliphatic rings. The number of likely N-dealkylation sites (tertiary alicyclic amines) is 1. The Bertz CT molecular complexity index is 1330. The van der Waals surface area contributed by atoms with Crippen LogP contribution in [0.2, 0.25) is 0 Å². The number of carbonyl (C=O) groups excluding carboxylic acids is 1. The molecule has 0 radical (unpaired) electrons. The molecule has 160 valence electrons. The monoisotopic (exact) mass is 425 g/mol. The molecule has 0 aliphatic carbocycles. The van der Waals surface area contributed by atoms with Crippen LogP contribution < -0.4 is 10.3 Å². The van der Waals surface area contributed by atoms with Gasteiger partial charge in [0.2, 0.25) is 0 Å². The van der Waals surface area contributed by atoms with Gasteiger partial charge < -0.3 is 9.64 Å². The van der Waals surface area contributed by atoms with Gasteiger partial charge >= 0.3 is 0 Å². The molecular weight excluding hydrogens is 402 g/mol. The van der Waals surface area contributed by atoms with Gasteiger partial charge in [0.1, 0.15) is 5.75 Å². The number of nitrogens with zero attached hydrogens (tertiary/aromatic N) is 3. The van der Waals surface area contributed by atoms with Gasteiger partial charge in [-0.15, -0.1) is 0 Å². The second-order valence-corrected chi connectivity index (χ2v) is 7.96. The van der Waals surface area contributed by atoms with E-state index in [2.05, 4.69) is 17.2 Å². The lowest BCUT2D eigenvalue weighted by atomic mass is 9.98.